The molecular formula is C12H15FN2O2S. The maximum absolute atomic E-state index is 12.9. The van der Waals surface area contributed by atoms with Gasteiger partial charge in [0.15, 0.2) is 0 Å². The third-order valence-electron chi connectivity index (χ3n) is 2.96. The van der Waals surface area contributed by atoms with E-state index < -0.39 is 16.6 Å². The molecule has 6 heteroatoms. The molecule has 1 aromatic rings. The van der Waals surface area contributed by atoms with E-state index in [1.807, 2.05) is 0 Å². The number of amides is 1. The SMILES string of the molecule is CN(C(=O)CS(=O)c1ccc(F)cc1N)C1CC1. The van der Waals surface area contributed by atoms with E-state index in [9.17, 15) is 13.4 Å². The highest BCUT2D eigenvalue weighted by Gasteiger charge is 2.30. The summed E-state index contributed by atoms with van der Waals surface area (Å²) in [6.07, 6.45) is 2.02. The van der Waals surface area contributed by atoms with Crippen LogP contribution in [-0.2, 0) is 15.6 Å². The van der Waals surface area contributed by atoms with Crippen LogP contribution in [0.15, 0.2) is 23.1 Å². The minimum atomic E-state index is -1.53. The van der Waals surface area contributed by atoms with Gasteiger partial charge in [0.2, 0.25) is 5.91 Å². The monoisotopic (exact) mass is 270 g/mol. The van der Waals surface area contributed by atoms with E-state index in [4.69, 9.17) is 5.73 Å². The van der Waals surface area contributed by atoms with Crippen molar-refractivity contribution in [2.75, 3.05) is 18.5 Å². The Morgan fingerprint density at radius 3 is 2.78 bits per heavy atom. The Morgan fingerprint density at radius 1 is 1.56 bits per heavy atom. The maximum Gasteiger partial charge on any atom is 0.235 e. The standard InChI is InChI=1S/C12H15FN2O2S/c1-15(9-3-4-9)12(16)7-18(17)11-5-2-8(13)6-10(11)14/h2,5-6,9H,3-4,7,14H2,1H3. The van der Waals surface area contributed by atoms with Crippen molar-refractivity contribution < 1.29 is 13.4 Å². The second-order valence-corrected chi connectivity index (χ2v) is 5.83. The van der Waals surface area contributed by atoms with Crippen LogP contribution in [-0.4, -0.2) is 33.9 Å². The molecule has 98 valence electrons. The minimum Gasteiger partial charge on any atom is -0.398 e. The lowest BCUT2D eigenvalue weighted by molar-refractivity contribution is -0.127. The fourth-order valence-electron chi connectivity index (χ4n) is 1.68. The van der Waals surface area contributed by atoms with E-state index in [0.717, 1.165) is 18.9 Å². The lowest BCUT2D eigenvalue weighted by atomic mass is 10.3. The van der Waals surface area contributed by atoms with E-state index >= 15 is 0 Å². The Hall–Kier alpha value is -1.43. The van der Waals surface area contributed by atoms with Crippen LogP contribution >= 0.6 is 0 Å². The number of hydrogen-bond donors (Lipinski definition) is 1. The predicted octanol–water partition coefficient (Wildman–Crippen LogP) is 1.14. The molecule has 1 saturated carbocycles. The summed E-state index contributed by atoms with van der Waals surface area (Å²) in [5, 5.41) is 0. The summed E-state index contributed by atoms with van der Waals surface area (Å²) >= 11 is 0. The predicted molar refractivity (Wildman–Crippen MR) is 67.9 cm³/mol. The zero-order valence-electron chi connectivity index (χ0n) is 10.1. The third kappa shape index (κ3) is 2.87. The molecule has 0 radical (unpaired) electrons. The third-order valence-corrected chi connectivity index (χ3v) is 4.33. The number of rotatable bonds is 4. The summed E-state index contributed by atoms with van der Waals surface area (Å²) in [5.41, 5.74) is 5.71. The number of nitrogens with two attached hydrogens (primary N) is 1. The van der Waals surface area contributed by atoms with Gasteiger partial charge in [-0.25, -0.2) is 4.39 Å². The zero-order valence-corrected chi connectivity index (χ0v) is 10.9. The van der Waals surface area contributed by atoms with Gasteiger partial charge >= 0.3 is 0 Å². The number of anilines is 1. The smallest absolute Gasteiger partial charge is 0.235 e. The molecular weight excluding hydrogens is 255 g/mol. The number of halogens is 1. The summed E-state index contributed by atoms with van der Waals surface area (Å²) in [7, 11) is 0.188. The molecule has 1 fully saturated rings. The van der Waals surface area contributed by atoms with Crippen LogP contribution in [0.2, 0.25) is 0 Å². The molecule has 0 aliphatic heterocycles. The van der Waals surface area contributed by atoms with Gasteiger partial charge in [0.05, 0.1) is 21.4 Å². The van der Waals surface area contributed by atoms with E-state index in [1.54, 1.807) is 11.9 Å². The Kier molecular flexibility index (Phi) is 3.65. The summed E-state index contributed by atoms with van der Waals surface area (Å²) in [5.74, 6) is -0.753. The number of hydrogen-bond acceptors (Lipinski definition) is 3. The van der Waals surface area contributed by atoms with Crippen molar-refractivity contribution >= 4 is 22.4 Å². The van der Waals surface area contributed by atoms with Crippen molar-refractivity contribution in [2.24, 2.45) is 0 Å². The maximum atomic E-state index is 12.9. The molecule has 0 heterocycles. The Balaban J connectivity index is 2.04. The highest BCUT2D eigenvalue weighted by Crippen LogP contribution is 2.26. The van der Waals surface area contributed by atoms with Gasteiger partial charge in [-0.3, -0.25) is 9.00 Å². The van der Waals surface area contributed by atoms with Gasteiger partial charge < -0.3 is 10.6 Å². The molecule has 2 rings (SSSR count). The molecule has 4 nitrogen and oxygen atoms in total. The first-order valence-electron chi connectivity index (χ1n) is 5.68. The quantitative estimate of drug-likeness (QED) is 0.834. The van der Waals surface area contributed by atoms with Gasteiger partial charge in [0, 0.05) is 13.1 Å². The van der Waals surface area contributed by atoms with E-state index in [-0.39, 0.29) is 17.3 Å². The fourth-order valence-corrected chi connectivity index (χ4v) is 2.81. The van der Waals surface area contributed by atoms with Gasteiger partial charge in [-0.15, -0.1) is 0 Å². The van der Waals surface area contributed by atoms with Crippen molar-refractivity contribution in [3.8, 4) is 0 Å². The van der Waals surface area contributed by atoms with E-state index in [0.29, 0.717) is 10.9 Å². The normalized spacial score (nSPS) is 16.3. The molecule has 2 N–H and O–H groups in total. The fraction of sp³-hybridized carbons (Fsp3) is 0.417. The van der Waals surface area contributed by atoms with Gasteiger partial charge in [-0.1, -0.05) is 0 Å². The van der Waals surface area contributed by atoms with Crippen LogP contribution in [0.25, 0.3) is 0 Å². The number of nitrogens with zero attached hydrogens (tertiary/aromatic N) is 1. The van der Waals surface area contributed by atoms with Gasteiger partial charge in [0.25, 0.3) is 0 Å². The summed E-state index contributed by atoms with van der Waals surface area (Å²) in [6.45, 7) is 0. The topological polar surface area (TPSA) is 63.4 Å². The van der Waals surface area contributed by atoms with Gasteiger partial charge in [-0.05, 0) is 31.0 Å². The van der Waals surface area contributed by atoms with Crippen molar-refractivity contribution in [1.82, 2.24) is 4.90 Å². The lowest BCUT2D eigenvalue weighted by Gasteiger charge is -2.16. The average Bonchev–Trinajstić information content (AvgIpc) is 3.11. The molecule has 1 atom stereocenters. The van der Waals surface area contributed by atoms with Crippen molar-refractivity contribution in [1.29, 1.82) is 0 Å². The molecule has 0 spiro atoms. The molecule has 0 aromatic heterocycles. The van der Waals surface area contributed by atoms with Crippen LogP contribution in [0.4, 0.5) is 10.1 Å². The van der Waals surface area contributed by atoms with E-state index in [1.165, 1.54) is 12.1 Å². The van der Waals surface area contributed by atoms with Gasteiger partial charge in [0.1, 0.15) is 11.6 Å². The second-order valence-electron chi connectivity index (χ2n) is 4.41. The largest absolute Gasteiger partial charge is 0.398 e. The summed E-state index contributed by atoms with van der Waals surface area (Å²) in [6, 6.07) is 3.96. The highest BCUT2D eigenvalue weighted by molar-refractivity contribution is 7.86. The molecule has 18 heavy (non-hydrogen) atoms. The van der Waals surface area contributed by atoms with Crippen LogP contribution in [0.3, 0.4) is 0 Å². The van der Waals surface area contributed by atoms with E-state index in [2.05, 4.69) is 0 Å². The zero-order chi connectivity index (χ0) is 13.3. The molecule has 1 aliphatic rings. The number of carbonyl (C=O) groups is 1. The van der Waals surface area contributed by atoms with Crippen LogP contribution in [0, 0.1) is 5.82 Å². The Morgan fingerprint density at radius 2 is 2.22 bits per heavy atom. The molecule has 0 saturated heterocycles. The first-order chi connectivity index (χ1) is 8.49. The first-order valence-corrected chi connectivity index (χ1v) is 7.00. The summed E-state index contributed by atoms with van der Waals surface area (Å²) < 4.78 is 24.9. The molecule has 1 amide bonds. The molecule has 1 aliphatic carbocycles. The van der Waals surface area contributed by atoms with Gasteiger partial charge in [-0.2, -0.15) is 0 Å². The van der Waals surface area contributed by atoms with Crippen LogP contribution in [0.5, 0.6) is 0 Å². The minimum absolute atomic E-state index is 0.108. The average molecular weight is 270 g/mol. The number of nitrogen functional groups attached to an aromatic ring is 1. The van der Waals surface area contributed by atoms with Crippen LogP contribution < -0.4 is 5.73 Å². The number of benzene rings is 1. The first kappa shape index (κ1) is 13.0. The molecule has 1 aromatic carbocycles. The molecule has 0 bridgehead atoms. The second kappa shape index (κ2) is 5.06. The van der Waals surface area contributed by atoms with Crippen molar-refractivity contribution in [3.63, 3.8) is 0 Å². The van der Waals surface area contributed by atoms with Crippen molar-refractivity contribution in [2.45, 2.75) is 23.8 Å². The van der Waals surface area contributed by atoms with Crippen molar-refractivity contribution in [3.05, 3.63) is 24.0 Å². The Labute approximate surface area is 107 Å². The summed E-state index contributed by atoms with van der Waals surface area (Å²) in [4.78, 5) is 13.7. The number of carbonyl (C=O) groups excluding carboxylic acids is 1. The van der Waals surface area contributed by atoms with Crippen LogP contribution in [0.1, 0.15) is 12.8 Å². The lowest BCUT2D eigenvalue weighted by Crippen LogP contribution is -2.32. The Bertz CT molecular complexity index is 503. The molecule has 1 unspecified atom stereocenters. The highest BCUT2D eigenvalue weighted by atomic mass is 32.2.